The second-order valence-corrected chi connectivity index (χ2v) is 32.2. The summed E-state index contributed by atoms with van der Waals surface area (Å²) < 4.78 is 1.57. The van der Waals surface area contributed by atoms with Crippen molar-refractivity contribution in [2.24, 2.45) is 11.8 Å². The Balaban J connectivity index is 1.38. The van der Waals surface area contributed by atoms with E-state index in [4.69, 9.17) is 5.11 Å². The number of rotatable bonds is 57. The number of aryl methyl sites for hydroxylation is 1. The van der Waals surface area contributed by atoms with E-state index in [1.54, 1.807) is 47.4 Å². The molecule has 0 spiro atoms. The van der Waals surface area contributed by atoms with Crippen molar-refractivity contribution < 1.29 is 97.8 Å². The smallest absolute Gasteiger partial charge is 0.326 e. The molecule has 0 radical (unpaired) electrons. The molecule has 0 aliphatic carbocycles. The second-order valence-electron chi connectivity index (χ2n) is 29.8. The molecule has 1 aliphatic heterocycles. The monoisotopic (exact) mass is 1820 g/mol. The van der Waals surface area contributed by atoms with Crippen LogP contribution in [0.25, 0.3) is 0 Å². The molecule has 1 heterocycles. The minimum Gasteiger partial charge on any atom is -0.507 e. The van der Waals surface area contributed by atoms with Gasteiger partial charge in [-0.25, -0.2) is 14.4 Å². The number of unbranched alkanes of at least 4 members (excludes halogenated alkanes) is 9. The number of aliphatic carboxylic acids is 5. The summed E-state index contributed by atoms with van der Waals surface area (Å²) in [7, 11) is 3.92. The van der Waals surface area contributed by atoms with Crippen molar-refractivity contribution in [1.29, 1.82) is 0 Å². The van der Waals surface area contributed by atoms with E-state index in [-0.39, 0.29) is 94.3 Å². The van der Waals surface area contributed by atoms with Crippen LogP contribution in [0.2, 0.25) is 0 Å². The van der Waals surface area contributed by atoms with Crippen molar-refractivity contribution >= 4 is 128 Å². The summed E-state index contributed by atoms with van der Waals surface area (Å²) >= 11 is 4.16. The first-order valence-electron chi connectivity index (χ1n) is 39.9. The molecule has 632 valence electrons. The molecule has 32 heteroatoms. The third kappa shape index (κ3) is 44.2. The highest BCUT2D eigenvalue weighted by Crippen LogP contribution is 2.26. The van der Waals surface area contributed by atoms with Crippen LogP contribution in [-0.2, 0) is 81.6 Å². The molecule has 1 aliphatic rings. The first-order valence-corrected chi connectivity index (χ1v) is 42.1. The average molecular weight is 1820 g/mol. The van der Waals surface area contributed by atoms with E-state index in [1.807, 2.05) is 65.9 Å². The molecule has 0 bridgehead atoms. The minimum absolute atomic E-state index is 0.00393. The number of nitrogens with one attached hydrogen (secondary N) is 6. The standard InChI is InChI=1S/C82H120I2N10O20/c1-91-42-43-92(2)45-47-94(56-76(104)105)49-48-93(46-44-91)55-74(101)87-67(78(107)88-68(80(110)111)28-15-7-14-26-64(96)27-19-22-57-30-33-62(83)34-31-57)36-35-65(97)53-61(50-59-32-38-71(98)66(84)51-59)77(106)89-70(52-58-20-9-5-10-21-58)72(99)54-60(79(108)109)23-11-6-13-25-63(95)24-12-3-4-16-29-73(100)85-40-17-8-18-41-86-82(114)90-69(81(112)113)37-39-75(102)103/h5,9-10,20-21,30-34,38,51,60-61,67-70,98H,3-4,6-8,11-19,22-29,35-37,39-50,52-56H2,1-2H3,(H,85,100)(H,87,101)(H,88,107)(H,89,106)(H,102,103)(H,104,105)(H,108,109)(H,110,111)(H,112,113)(H2,86,90,114). The van der Waals surface area contributed by atoms with Gasteiger partial charge in [0.25, 0.3) is 0 Å². The molecule has 3 aromatic rings. The summed E-state index contributed by atoms with van der Waals surface area (Å²) in [6.45, 7) is 4.22. The number of carbonyl (C=O) groups is 14. The van der Waals surface area contributed by atoms with Gasteiger partial charge in [0, 0.05) is 133 Å². The highest BCUT2D eigenvalue weighted by Gasteiger charge is 2.33. The van der Waals surface area contributed by atoms with Gasteiger partial charge >= 0.3 is 35.9 Å². The number of ketones is 4. The van der Waals surface area contributed by atoms with Crippen molar-refractivity contribution in [2.45, 2.75) is 217 Å². The molecule has 114 heavy (non-hydrogen) atoms. The molecule has 12 N–H and O–H groups in total. The summed E-state index contributed by atoms with van der Waals surface area (Å²) in [6, 6.07) is 15.4. The van der Waals surface area contributed by atoms with Crippen LogP contribution >= 0.6 is 45.2 Å². The SMILES string of the molecule is CN1CCN(C)CCN(CC(=O)NC(CCC(=O)CC(Cc2ccc(O)c(I)c2)C(=O)NC(Cc2ccccc2)C(=O)CC(CCCCCC(=O)CCCCCCC(=O)NCCCCCNC(=O)NC(CCC(=O)O)C(=O)O)C(=O)O)C(=O)NC(CCCCCC(=O)CCCc2ccc(I)cc2)C(=O)O)CCN(CC(=O)O)CC1. The number of carboxylic acid groups (broad SMARTS) is 5. The maximum absolute atomic E-state index is 14.9. The van der Waals surface area contributed by atoms with E-state index in [0.29, 0.717) is 170 Å². The molecule has 6 amide bonds. The summed E-state index contributed by atoms with van der Waals surface area (Å²) in [5.41, 5.74) is 2.34. The predicted octanol–water partition coefficient (Wildman–Crippen LogP) is 7.81. The number of phenols is 1. The fourth-order valence-electron chi connectivity index (χ4n) is 13.2. The molecule has 3 aromatic carbocycles. The molecule has 0 saturated carbocycles. The molecule has 6 atom stereocenters. The van der Waals surface area contributed by atoms with Crippen molar-refractivity contribution in [3.63, 3.8) is 0 Å². The van der Waals surface area contributed by atoms with Crippen LogP contribution in [0.4, 0.5) is 4.79 Å². The van der Waals surface area contributed by atoms with Crippen molar-refractivity contribution in [2.75, 3.05) is 92.6 Å². The summed E-state index contributed by atoms with van der Waals surface area (Å²) in [5, 5.41) is 75.0. The Morgan fingerprint density at radius 1 is 0.404 bits per heavy atom. The predicted molar refractivity (Wildman–Crippen MR) is 444 cm³/mol. The fourth-order valence-corrected chi connectivity index (χ4v) is 14.1. The lowest BCUT2D eigenvalue weighted by atomic mass is 9.89. The van der Waals surface area contributed by atoms with Crippen LogP contribution in [0.15, 0.2) is 72.8 Å². The third-order valence-corrected chi connectivity index (χ3v) is 21.7. The van der Waals surface area contributed by atoms with Gasteiger partial charge in [0.1, 0.15) is 41.2 Å². The van der Waals surface area contributed by atoms with E-state index in [1.165, 1.54) is 6.07 Å². The number of halogens is 2. The minimum atomic E-state index is -1.47. The topological polar surface area (TPSA) is 446 Å². The number of amides is 6. The Hall–Kier alpha value is -8.06. The van der Waals surface area contributed by atoms with Crippen LogP contribution in [0, 0.1) is 19.0 Å². The number of urea groups is 1. The number of carbonyl (C=O) groups excluding carboxylic acids is 9. The number of aromatic hydroxyl groups is 1. The number of phenolic OH excluding ortho intramolecular Hbond substituents is 1. The van der Waals surface area contributed by atoms with Gasteiger partial charge < -0.3 is 72.3 Å². The van der Waals surface area contributed by atoms with E-state index in [0.717, 1.165) is 28.4 Å². The number of hydrogen-bond donors (Lipinski definition) is 12. The summed E-state index contributed by atoms with van der Waals surface area (Å²) in [5.74, 6) is -11.7. The highest BCUT2D eigenvalue weighted by atomic mass is 127. The first-order chi connectivity index (χ1) is 54.4. The Labute approximate surface area is 696 Å². The van der Waals surface area contributed by atoms with E-state index in [9.17, 15) is 92.7 Å². The Bertz CT molecular complexity index is 3560. The van der Waals surface area contributed by atoms with E-state index in [2.05, 4.69) is 64.3 Å². The van der Waals surface area contributed by atoms with Crippen LogP contribution in [0.1, 0.15) is 190 Å². The maximum atomic E-state index is 14.9. The lowest BCUT2D eigenvalue weighted by molar-refractivity contribution is -0.144. The number of carboxylic acids is 5. The summed E-state index contributed by atoms with van der Waals surface area (Å²) in [4.78, 5) is 190. The molecule has 1 saturated heterocycles. The molecule has 0 aromatic heterocycles. The molecule has 1 fully saturated rings. The van der Waals surface area contributed by atoms with Gasteiger partial charge in [-0.05, 0) is 197 Å². The molecule has 4 rings (SSSR count). The van der Waals surface area contributed by atoms with Crippen molar-refractivity contribution in [3.8, 4) is 5.75 Å². The van der Waals surface area contributed by atoms with Gasteiger partial charge in [-0.2, -0.15) is 0 Å². The first kappa shape index (κ1) is 98.3. The highest BCUT2D eigenvalue weighted by molar-refractivity contribution is 14.1. The zero-order valence-corrected chi connectivity index (χ0v) is 70.3. The van der Waals surface area contributed by atoms with Crippen molar-refractivity contribution in [3.05, 3.63) is 96.6 Å². The fraction of sp³-hybridized carbons (Fsp3) is 0.610. The van der Waals surface area contributed by atoms with E-state index >= 15 is 0 Å². The quantitative estimate of drug-likeness (QED) is 0.0189. The van der Waals surface area contributed by atoms with Gasteiger partial charge in [0.15, 0.2) is 5.78 Å². The zero-order chi connectivity index (χ0) is 83.7. The van der Waals surface area contributed by atoms with Crippen molar-refractivity contribution in [1.82, 2.24) is 51.5 Å². The molecule has 30 nitrogen and oxygen atoms in total. The molecule has 6 unspecified atom stereocenters. The number of nitrogens with zero attached hydrogens (tertiary/aromatic N) is 4. The third-order valence-electron chi connectivity index (χ3n) is 20.1. The van der Waals surface area contributed by atoms with Crippen LogP contribution in [0.3, 0.4) is 0 Å². The average Bonchev–Trinajstić information content (AvgIpc) is 0.846. The zero-order valence-electron chi connectivity index (χ0n) is 66.0. The van der Waals surface area contributed by atoms with E-state index < -0.39 is 127 Å². The Morgan fingerprint density at radius 2 is 0.921 bits per heavy atom. The van der Waals surface area contributed by atoms with Crippen LogP contribution in [0.5, 0.6) is 5.75 Å². The lowest BCUT2D eigenvalue weighted by Crippen LogP contribution is -2.54. The number of likely N-dealkylation sites (N-methyl/N-ethyl adjacent to an activating group) is 2. The van der Waals surface area contributed by atoms with Gasteiger partial charge in [-0.1, -0.05) is 87.1 Å². The Kier molecular flexibility index (Phi) is 48.5. The molecular formula is C82H120I2N10O20. The van der Waals surface area contributed by atoms with Gasteiger partial charge in [0.2, 0.25) is 23.6 Å². The lowest BCUT2D eigenvalue weighted by Gasteiger charge is -2.31. The number of Topliss-reactive ketones (excluding diaryl/α,β-unsaturated/α-hetero) is 4. The maximum Gasteiger partial charge on any atom is 0.326 e. The second kappa shape index (κ2) is 56.3. The largest absolute Gasteiger partial charge is 0.507 e. The van der Waals surface area contributed by atoms with Gasteiger partial charge in [0.05, 0.1) is 28.6 Å². The summed E-state index contributed by atoms with van der Waals surface area (Å²) in [6.07, 6.45) is 8.36. The van der Waals surface area contributed by atoms with Gasteiger partial charge in [-0.3, -0.25) is 62.5 Å². The van der Waals surface area contributed by atoms with Gasteiger partial charge in [-0.15, -0.1) is 0 Å². The molecular weight excluding hydrogens is 1700 g/mol. The number of benzene rings is 3. The number of hydrogen-bond acceptors (Lipinski definition) is 19. The van der Waals surface area contributed by atoms with Crippen LogP contribution in [-0.4, -0.2) is 250 Å². The Morgan fingerprint density at radius 3 is 1.51 bits per heavy atom. The normalized spacial score (nSPS) is 14.9. The van der Waals surface area contributed by atoms with Crippen LogP contribution < -0.4 is 31.9 Å².